The van der Waals surface area contributed by atoms with Crippen LogP contribution in [0.5, 0.6) is 0 Å². The summed E-state index contributed by atoms with van der Waals surface area (Å²) in [5.41, 5.74) is 0.432. The first-order chi connectivity index (χ1) is 10.8. The number of alkyl halides is 3. The molecule has 0 aliphatic heterocycles. The van der Waals surface area contributed by atoms with E-state index in [0.717, 1.165) is 11.3 Å². The number of nitrogens with zero attached hydrogens (tertiary/aromatic N) is 3. The number of carbonyl (C=O) groups is 1. The molecule has 0 aliphatic carbocycles. The van der Waals surface area contributed by atoms with Crippen LogP contribution in [0.15, 0.2) is 0 Å². The number of imidazole rings is 1. The van der Waals surface area contributed by atoms with Crippen molar-refractivity contribution in [2.75, 3.05) is 13.1 Å². The van der Waals surface area contributed by atoms with Crippen molar-refractivity contribution in [2.24, 2.45) is 0 Å². The second-order valence-corrected chi connectivity index (χ2v) is 5.91. The van der Waals surface area contributed by atoms with Crippen LogP contribution in [0.3, 0.4) is 0 Å². The van der Waals surface area contributed by atoms with Crippen LogP contribution in [0.25, 0.3) is 4.96 Å². The summed E-state index contributed by atoms with van der Waals surface area (Å²) in [6, 6.07) is 0. The molecule has 23 heavy (non-hydrogen) atoms. The number of carbonyl (C=O) groups excluding carboxylic acids is 1. The fraction of sp³-hybridized carbons (Fsp3) is 0.545. The summed E-state index contributed by atoms with van der Waals surface area (Å²) in [7, 11) is 0. The van der Waals surface area contributed by atoms with Crippen LogP contribution < -0.4 is 10.6 Å². The number of hydrogen-bond acceptors (Lipinski definition) is 6. The molecule has 0 aromatic carbocycles. The second-order valence-electron chi connectivity index (χ2n) is 4.52. The van der Waals surface area contributed by atoms with E-state index in [4.69, 9.17) is 16.7 Å². The third kappa shape index (κ3) is 5.03. The molecule has 12 heteroatoms. The molecule has 3 N–H and O–H groups in total. The Bertz CT molecular complexity index is 687. The zero-order valence-electron chi connectivity index (χ0n) is 11.7. The van der Waals surface area contributed by atoms with Gasteiger partial charge < -0.3 is 15.7 Å². The lowest BCUT2D eigenvalue weighted by Crippen LogP contribution is -2.35. The van der Waals surface area contributed by atoms with E-state index >= 15 is 0 Å². The Morgan fingerprint density at radius 3 is 2.83 bits per heavy atom. The molecular weight excluding hydrogens is 359 g/mol. The molecule has 7 nitrogen and oxygen atoms in total. The predicted molar refractivity (Wildman–Crippen MR) is 77.2 cm³/mol. The average Bonchev–Trinajstić information content (AvgIpc) is 2.97. The van der Waals surface area contributed by atoms with Crippen molar-refractivity contribution >= 4 is 33.8 Å². The summed E-state index contributed by atoms with van der Waals surface area (Å²) in [5.74, 6) is -0.476. The lowest BCUT2D eigenvalue weighted by atomic mass is 10.4. The minimum absolute atomic E-state index is 0.0222. The number of aromatic nitrogens is 3. The van der Waals surface area contributed by atoms with Gasteiger partial charge in [-0.3, -0.25) is 4.79 Å². The molecule has 0 fully saturated rings. The van der Waals surface area contributed by atoms with Gasteiger partial charge in [-0.05, 0) is 0 Å². The van der Waals surface area contributed by atoms with Crippen LogP contribution in [0.2, 0.25) is 5.15 Å². The Kier molecular flexibility index (Phi) is 5.79. The lowest BCUT2D eigenvalue weighted by molar-refractivity contribution is -0.134. The summed E-state index contributed by atoms with van der Waals surface area (Å²) < 4.78 is 37.3. The topological polar surface area (TPSA) is 91.5 Å². The lowest BCUT2D eigenvalue weighted by Gasteiger charge is -2.08. The molecule has 0 saturated carbocycles. The summed E-state index contributed by atoms with van der Waals surface area (Å²) in [5, 5.41) is 18.6. The SMILES string of the molecule is O=C(CNCCC(F)(F)F)NCc1c(Cl)nc2sc(CO)nn12. The van der Waals surface area contributed by atoms with Gasteiger partial charge in [-0.2, -0.15) is 18.3 Å². The molecule has 2 heterocycles. The normalized spacial score (nSPS) is 12.0. The highest BCUT2D eigenvalue weighted by atomic mass is 35.5. The Morgan fingerprint density at radius 2 is 2.17 bits per heavy atom. The smallest absolute Gasteiger partial charge is 0.389 e. The van der Waals surface area contributed by atoms with Crippen molar-refractivity contribution in [2.45, 2.75) is 25.7 Å². The zero-order valence-corrected chi connectivity index (χ0v) is 13.2. The fourth-order valence-corrected chi connectivity index (χ4v) is 2.74. The summed E-state index contributed by atoms with van der Waals surface area (Å²) >= 11 is 7.11. The molecule has 0 atom stereocenters. The van der Waals surface area contributed by atoms with Gasteiger partial charge in [0.05, 0.1) is 26.1 Å². The monoisotopic (exact) mass is 371 g/mol. The third-order valence-corrected chi connectivity index (χ3v) is 3.94. The highest BCUT2D eigenvalue weighted by Crippen LogP contribution is 2.22. The van der Waals surface area contributed by atoms with Gasteiger partial charge in [-0.1, -0.05) is 22.9 Å². The third-order valence-electron chi connectivity index (χ3n) is 2.75. The maximum atomic E-state index is 11.9. The van der Waals surface area contributed by atoms with Gasteiger partial charge in [0.1, 0.15) is 10.7 Å². The van der Waals surface area contributed by atoms with E-state index in [1.54, 1.807) is 0 Å². The molecular formula is C11H13ClF3N5O2S. The van der Waals surface area contributed by atoms with Gasteiger partial charge in [-0.25, -0.2) is 9.50 Å². The van der Waals surface area contributed by atoms with E-state index in [9.17, 15) is 18.0 Å². The van der Waals surface area contributed by atoms with Gasteiger partial charge in [0.25, 0.3) is 0 Å². The average molecular weight is 372 g/mol. The summed E-state index contributed by atoms with van der Waals surface area (Å²) in [6.07, 6.45) is -5.26. The first-order valence-corrected chi connectivity index (χ1v) is 7.67. The molecule has 0 bridgehead atoms. The van der Waals surface area contributed by atoms with E-state index in [1.807, 2.05) is 0 Å². The van der Waals surface area contributed by atoms with E-state index in [-0.39, 0.29) is 31.4 Å². The first kappa shape index (κ1) is 17.9. The maximum Gasteiger partial charge on any atom is 0.390 e. The van der Waals surface area contributed by atoms with Crippen molar-refractivity contribution in [3.63, 3.8) is 0 Å². The van der Waals surface area contributed by atoms with E-state index in [1.165, 1.54) is 4.52 Å². The van der Waals surface area contributed by atoms with Gasteiger partial charge in [0.2, 0.25) is 10.9 Å². The number of amides is 1. The number of nitrogens with one attached hydrogen (secondary N) is 2. The molecule has 2 aromatic rings. The van der Waals surface area contributed by atoms with Crippen LogP contribution in [-0.2, 0) is 17.9 Å². The Hall–Kier alpha value is -1.43. The zero-order chi connectivity index (χ0) is 17.0. The molecule has 1 amide bonds. The largest absolute Gasteiger partial charge is 0.390 e. The minimum atomic E-state index is -4.25. The van der Waals surface area contributed by atoms with Gasteiger partial charge in [-0.15, -0.1) is 0 Å². The molecule has 2 rings (SSSR count). The molecule has 2 aromatic heterocycles. The number of aliphatic hydroxyl groups excluding tert-OH is 1. The number of halogens is 4. The molecule has 0 spiro atoms. The van der Waals surface area contributed by atoms with E-state index in [0.29, 0.717) is 15.7 Å². The Labute approximate surface area is 137 Å². The van der Waals surface area contributed by atoms with Crippen molar-refractivity contribution in [3.8, 4) is 0 Å². The predicted octanol–water partition coefficient (Wildman–Crippen LogP) is 1.09. The number of hydrogen-bond donors (Lipinski definition) is 3. The minimum Gasteiger partial charge on any atom is -0.389 e. The molecule has 0 unspecified atom stereocenters. The summed E-state index contributed by atoms with van der Waals surface area (Å²) in [6.45, 7) is -0.788. The number of aliphatic hydroxyl groups is 1. The van der Waals surface area contributed by atoms with Crippen LogP contribution >= 0.6 is 22.9 Å². The van der Waals surface area contributed by atoms with Gasteiger partial charge in [0.15, 0.2) is 5.15 Å². The Balaban J connectivity index is 1.84. The second kappa shape index (κ2) is 7.43. The maximum absolute atomic E-state index is 11.9. The van der Waals surface area contributed by atoms with E-state index < -0.39 is 18.5 Å². The number of rotatable bonds is 7. The van der Waals surface area contributed by atoms with E-state index in [2.05, 4.69) is 20.7 Å². The fourth-order valence-electron chi connectivity index (χ4n) is 1.69. The molecule has 0 radical (unpaired) electrons. The van der Waals surface area contributed by atoms with Crippen LogP contribution in [-0.4, -0.2) is 44.9 Å². The van der Waals surface area contributed by atoms with Crippen LogP contribution in [0, 0.1) is 0 Å². The molecule has 0 saturated heterocycles. The van der Waals surface area contributed by atoms with Crippen molar-refractivity contribution in [1.29, 1.82) is 0 Å². The standard InChI is InChI=1S/C11H13ClF3N5O2S/c12-9-6(20-10(18-9)23-8(5-21)19-20)3-17-7(22)4-16-2-1-11(13,14)15/h16,21H,1-5H2,(H,17,22). The van der Waals surface area contributed by atoms with Crippen molar-refractivity contribution in [3.05, 3.63) is 15.9 Å². The molecule has 0 aliphatic rings. The van der Waals surface area contributed by atoms with Crippen molar-refractivity contribution in [1.82, 2.24) is 25.2 Å². The van der Waals surface area contributed by atoms with Crippen molar-refractivity contribution < 1.29 is 23.1 Å². The summed E-state index contributed by atoms with van der Waals surface area (Å²) in [4.78, 5) is 16.1. The van der Waals surface area contributed by atoms with Gasteiger partial charge in [0, 0.05) is 6.54 Å². The highest BCUT2D eigenvalue weighted by molar-refractivity contribution is 7.16. The quantitative estimate of drug-likeness (QED) is 0.634. The highest BCUT2D eigenvalue weighted by Gasteiger charge is 2.26. The Morgan fingerprint density at radius 1 is 1.43 bits per heavy atom. The van der Waals surface area contributed by atoms with Gasteiger partial charge >= 0.3 is 6.18 Å². The van der Waals surface area contributed by atoms with Crippen LogP contribution in [0.1, 0.15) is 17.1 Å². The van der Waals surface area contributed by atoms with Crippen LogP contribution in [0.4, 0.5) is 13.2 Å². The number of fused-ring (bicyclic) bond motifs is 1. The first-order valence-electron chi connectivity index (χ1n) is 6.48. The molecule has 128 valence electrons.